The Kier molecular flexibility index (Phi) is 7.31. The molecule has 0 radical (unpaired) electrons. The lowest BCUT2D eigenvalue weighted by molar-refractivity contribution is -0.142. The number of hydrogen-bond acceptors (Lipinski definition) is 7. The molecule has 1 amide bonds. The van der Waals surface area contributed by atoms with Gasteiger partial charge in [0.25, 0.3) is 5.91 Å². The van der Waals surface area contributed by atoms with E-state index < -0.39 is 15.9 Å². The molecule has 0 atom stereocenters. The second-order valence-corrected chi connectivity index (χ2v) is 11.9. The van der Waals surface area contributed by atoms with E-state index in [0.29, 0.717) is 22.5 Å². The van der Waals surface area contributed by atoms with Crippen molar-refractivity contribution in [3.63, 3.8) is 0 Å². The van der Waals surface area contributed by atoms with Crippen LogP contribution in [0.15, 0.2) is 71.6 Å². The van der Waals surface area contributed by atoms with Gasteiger partial charge in [-0.05, 0) is 55.2 Å². The monoisotopic (exact) mass is 559 g/mol. The van der Waals surface area contributed by atoms with Crippen molar-refractivity contribution in [2.45, 2.75) is 44.2 Å². The number of ether oxygens (including phenoxy) is 1. The Bertz CT molecular complexity index is 1640. The number of hydrogen-bond donors (Lipinski definition) is 2. The first-order chi connectivity index (χ1) is 19.1. The molecule has 0 spiro atoms. The van der Waals surface area contributed by atoms with Crippen LogP contribution in [0.2, 0.25) is 0 Å². The third-order valence-electron chi connectivity index (χ3n) is 6.94. The summed E-state index contributed by atoms with van der Waals surface area (Å²) in [6.45, 7) is 2.83. The third-order valence-corrected chi connectivity index (χ3v) is 8.83. The molecule has 1 aliphatic carbocycles. The van der Waals surface area contributed by atoms with E-state index in [2.05, 4.69) is 10.6 Å². The number of amides is 1. The van der Waals surface area contributed by atoms with Crippen LogP contribution in [-0.2, 0) is 31.0 Å². The molecule has 206 valence electrons. The number of anilines is 2. The Morgan fingerprint density at radius 1 is 1.02 bits per heavy atom. The lowest BCUT2D eigenvalue weighted by Crippen LogP contribution is -2.29. The van der Waals surface area contributed by atoms with E-state index in [1.54, 1.807) is 24.3 Å². The van der Waals surface area contributed by atoms with E-state index in [9.17, 15) is 22.8 Å². The number of rotatable bonds is 9. The average Bonchev–Trinajstić information content (AvgIpc) is 3.73. The van der Waals surface area contributed by atoms with Crippen LogP contribution in [0.5, 0.6) is 0 Å². The van der Waals surface area contributed by atoms with E-state index in [4.69, 9.17) is 4.74 Å². The number of sulfonamides is 1. The third kappa shape index (κ3) is 5.41. The largest absolute Gasteiger partial charge is 0.461 e. The highest BCUT2D eigenvalue weighted by Gasteiger charge is 2.38. The smallest absolute Gasteiger partial charge is 0.302 e. The molecule has 0 aromatic heterocycles. The van der Waals surface area contributed by atoms with E-state index in [1.807, 2.05) is 30.3 Å². The second-order valence-electron chi connectivity index (χ2n) is 9.87. The first kappa shape index (κ1) is 27.3. The number of carbonyl (C=O) groups excluding carboxylic acids is 3. The molecule has 1 saturated carbocycles. The second kappa shape index (κ2) is 10.7. The molecule has 0 bridgehead atoms. The minimum Gasteiger partial charge on any atom is -0.461 e. The van der Waals surface area contributed by atoms with Crippen LogP contribution < -0.4 is 10.6 Å². The summed E-state index contributed by atoms with van der Waals surface area (Å²) in [4.78, 5) is 37.3. The quantitative estimate of drug-likeness (QED) is 0.222. The van der Waals surface area contributed by atoms with Gasteiger partial charge in [0.1, 0.15) is 6.61 Å². The maximum atomic E-state index is 13.5. The van der Waals surface area contributed by atoms with E-state index in [1.165, 1.54) is 37.3 Å². The van der Waals surface area contributed by atoms with Crippen LogP contribution in [0.1, 0.15) is 53.7 Å². The van der Waals surface area contributed by atoms with Gasteiger partial charge in [0.2, 0.25) is 10.0 Å². The first-order valence-electron chi connectivity index (χ1n) is 12.8. The predicted octanol–water partition coefficient (Wildman–Crippen LogP) is 4.67. The van der Waals surface area contributed by atoms with Crippen molar-refractivity contribution in [3.8, 4) is 0 Å². The molecule has 1 fully saturated rings. The number of fused-ring (bicyclic) bond motifs is 1. The lowest BCUT2D eigenvalue weighted by atomic mass is 9.97. The fourth-order valence-corrected chi connectivity index (χ4v) is 6.09. The molecule has 2 aliphatic rings. The summed E-state index contributed by atoms with van der Waals surface area (Å²) in [5.41, 5.74) is 3.56. The van der Waals surface area contributed by atoms with Gasteiger partial charge in [-0.25, -0.2) is 8.42 Å². The van der Waals surface area contributed by atoms with Crippen molar-refractivity contribution in [2.75, 3.05) is 17.7 Å². The molecule has 1 aliphatic heterocycles. The molecule has 1 heterocycles. The number of carbonyl (C=O) groups is 3. The first-order valence-corrected chi connectivity index (χ1v) is 14.3. The number of esters is 1. The Labute approximate surface area is 232 Å². The number of benzene rings is 3. The van der Waals surface area contributed by atoms with Crippen LogP contribution in [0.3, 0.4) is 0 Å². The van der Waals surface area contributed by atoms with Gasteiger partial charge in [-0.1, -0.05) is 42.5 Å². The standard InChI is InChI=1S/C30H29N3O6S/c1-18(34)25-15-24(40(37,38)33(3)23-13-14-23)16-26-27(30(36)32-29(25)26)28(21-7-5-4-6-8-21)31-22-11-9-20(10-12-22)17-39-19(2)35/h4-12,15-16,23,31H,13-14,17H2,1-3H3,(H,32,36)/b28-27-. The van der Waals surface area contributed by atoms with Gasteiger partial charge in [0.05, 0.1) is 21.9 Å². The predicted molar refractivity (Wildman–Crippen MR) is 152 cm³/mol. The van der Waals surface area contributed by atoms with Crippen molar-refractivity contribution >= 4 is 50.3 Å². The summed E-state index contributed by atoms with van der Waals surface area (Å²) in [5, 5.41) is 6.12. The van der Waals surface area contributed by atoms with Crippen molar-refractivity contribution in [1.29, 1.82) is 0 Å². The van der Waals surface area contributed by atoms with Gasteiger partial charge in [-0.2, -0.15) is 4.31 Å². The van der Waals surface area contributed by atoms with Gasteiger partial charge in [-0.3, -0.25) is 14.4 Å². The van der Waals surface area contributed by atoms with Crippen molar-refractivity contribution in [3.05, 3.63) is 89.0 Å². The summed E-state index contributed by atoms with van der Waals surface area (Å²) in [6, 6.07) is 19.1. The SMILES string of the molecule is CC(=O)OCc1ccc(N/C(=C2\C(=O)Nc3c(C(C)=O)cc(S(=O)(=O)N(C)C4CC4)cc32)c2ccccc2)cc1. The van der Waals surface area contributed by atoms with Gasteiger partial charge >= 0.3 is 5.97 Å². The summed E-state index contributed by atoms with van der Waals surface area (Å²) in [5.74, 6) is -1.19. The maximum absolute atomic E-state index is 13.5. The van der Waals surface area contributed by atoms with Crippen LogP contribution >= 0.6 is 0 Å². The zero-order valence-corrected chi connectivity index (χ0v) is 23.2. The fraction of sp³-hybridized carbons (Fsp3) is 0.233. The summed E-state index contributed by atoms with van der Waals surface area (Å²) in [7, 11) is -2.36. The van der Waals surface area contributed by atoms with E-state index in [0.717, 1.165) is 18.4 Å². The van der Waals surface area contributed by atoms with E-state index >= 15 is 0 Å². The van der Waals surface area contributed by atoms with Gasteiger partial charge in [0, 0.05) is 36.8 Å². The highest BCUT2D eigenvalue weighted by Crippen LogP contribution is 2.42. The molecule has 40 heavy (non-hydrogen) atoms. The Balaban J connectivity index is 1.65. The van der Waals surface area contributed by atoms with Crippen LogP contribution in [-0.4, -0.2) is 43.5 Å². The molecule has 2 N–H and O–H groups in total. The molecule has 9 nitrogen and oxygen atoms in total. The minimum atomic E-state index is -3.90. The lowest BCUT2D eigenvalue weighted by Gasteiger charge is -2.19. The summed E-state index contributed by atoms with van der Waals surface area (Å²) >= 11 is 0. The fourth-order valence-electron chi connectivity index (χ4n) is 4.62. The molecular weight excluding hydrogens is 530 g/mol. The normalized spacial score (nSPS) is 15.8. The number of nitrogens with one attached hydrogen (secondary N) is 2. The molecule has 0 unspecified atom stereocenters. The highest BCUT2D eigenvalue weighted by atomic mass is 32.2. The number of ketones is 1. The maximum Gasteiger partial charge on any atom is 0.302 e. The van der Waals surface area contributed by atoms with Gasteiger partial charge < -0.3 is 15.4 Å². The zero-order chi connectivity index (χ0) is 28.6. The van der Waals surface area contributed by atoms with Gasteiger partial charge in [-0.15, -0.1) is 0 Å². The highest BCUT2D eigenvalue weighted by molar-refractivity contribution is 7.89. The summed E-state index contributed by atoms with van der Waals surface area (Å²) in [6.07, 6.45) is 1.57. The molecule has 5 rings (SSSR count). The number of nitrogens with zero attached hydrogens (tertiary/aromatic N) is 1. The zero-order valence-electron chi connectivity index (χ0n) is 22.4. The van der Waals surface area contributed by atoms with Crippen LogP contribution in [0, 0.1) is 0 Å². The molecular formula is C30H29N3O6S. The van der Waals surface area contributed by atoms with Crippen molar-refractivity contribution in [1.82, 2.24) is 4.31 Å². The molecule has 10 heteroatoms. The summed E-state index contributed by atoms with van der Waals surface area (Å²) < 4.78 is 33.4. The number of Topliss-reactive ketones (excluding diaryl/α,β-unsaturated/α-hetero) is 1. The molecule has 0 saturated heterocycles. The minimum absolute atomic E-state index is 0.0397. The Hall–Kier alpha value is -4.28. The molecule has 3 aromatic rings. The Morgan fingerprint density at radius 3 is 2.30 bits per heavy atom. The Morgan fingerprint density at radius 2 is 1.70 bits per heavy atom. The van der Waals surface area contributed by atoms with Crippen molar-refractivity contribution in [2.24, 2.45) is 0 Å². The van der Waals surface area contributed by atoms with Crippen LogP contribution in [0.4, 0.5) is 11.4 Å². The van der Waals surface area contributed by atoms with Crippen LogP contribution in [0.25, 0.3) is 11.3 Å². The van der Waals surface area contributed by atoms with E-state index in [-0.39, 0.29) is 46.1 Å². The van der Waals surface area contributed by atoms with Crippen molar-refractivity contribution < 1.29 is 27.5 Å². The molecule has 3 aromatic carbocycles. The van der Waals surface area contributed by atoms with Gasteiger partial charge in [0.15, 0.2) is 5.78 Å². The average molecular weight is 560 g/mol. The topological polar surface area (TPSA) is 122 Å².